The summed E-state index contributed by atoms with van der Waals surface area (Å²) in [6.45, 7) is 4.02. The highest BCUT2D eigenvalue weighted by molar-refractivity contribution is 7.89. The van der Waals surface area contributed by atoms with Crippen LogP contribution in [0, 0.1) is 0 Å². The molecule has 0 saturated carbocycles. The molecule has 1 amide bonds. The molecule has 0 bridgehead atoms. The highest BCUT2D eigenvalue weighted by atomic mass is 32.2. The van der Waals surface area contributed by atoms with Crippen LogP contribution < -0.4 is 5.73 Å². The van der Waals surface area contributed by atoms with Gasteiger partial charge in [-0.3, -0.25) is 4.79 Å². The molecule has 2 fully saturated rings. The van der Waals surface area contributed by atoms with Gasteiger partial charge in [-0.2, -0.15) is 0 Å². The molecule has 37 heavy (non-hydrogen) atoms. The van der Waals surface area contributed by atoms with Crippen LogP contribution in [0.25, 0.3) is 22.0 Å². The molecular formula is C28H36N4O4S. The summed E-state index contributed by atoms with van der Waals surface area (Å²) in [7, 11) is -3.26. The molecule has 0 atom stereocenters. The van der Waals surface area contributed by atoms with E-state index in [2.05, 4.69) is 16.0 Å². The van der Waals surface area contributed by atoms with E-state index in [4.69, 9.17) is 5.73 Å². The van der Waals surface area contributed by atoms with Crippen LogP contribution in [0.4, 0.5) is 0 Å². The van der Waals surface area contributed by atoms with E-state index < -0.39 is 15.9 Å². The van der Waals surface area contributed by atoms with E-state index in [1.54, 1.807) is 10.4 Å². The lowest BCUT2D eigenvalue weighted by Gasteiger charge is -2.31. The van der Waals surface area contributed by atoms with Crippen LogP contribution in [0.2, 0.25) is 0 Å². The van der Waals surface area contributed by atoms with E-state index in [-0.39, 0.29) is 18.3 Å². The van der Waals surface area contributed by atoms with Gasteiger partial charge in [-0.15, -0.1) is 0 Å². The van der Waals surface area contributed by atoms with Gasteiger partial charge in [-0.1, -0.05) is 24.3 Å². The van der Waals surface area contributed by atoms with E-state index in [0.29, 0.717) is 25.1 Å². The number of nitrogens with zero attached hydrogens (tertiary/aromatic N) is 2. The number of fused-ring (bicyclic) bond motifs is 1. The van der Waals surface area contributed by atoms with Gasteiger partial charge in [-0.05, 0) is 92.0 Å². The van der Waals surface area contributed by atoms with Gasteiger partial charge >= 0.3 is 0 Å². The standard InChI is InChI=1S/C28H36N4O4S/c29-28(34)25-17-23(21-6-4-20(19-33)5-7-21)16-24-26(18-30-27(24)25)22-8-13-32(14-9-22)37(35,36)15-3-12-31-10-1-2-11-31/h4-7,16-18,22,30,33H,1-3,8-15,19H2,(H2,29,34). The van der Waals surface area contributed by atoms with Gasteiger partial charge in [0.05, 0.1) is 23.4 Å². The topological polar surface area (TPSA) is 120 Å². The summed E-state index contributed by atoms with van der Waals surface area (Å²) in [5, 5.41) is 10.3. The van der Waals surface area contributed by atoms with Crippen molar-refractivity contribution in [3.63, 3.8) is 0 Å². The molecule has 2 aromatic carbocycles. The lowest BCUT2D eigenvalue weighted by molar-refractivity contribution is 0.100. The minimum atomic E-state index is -3.26. The van der Waals surface area contributed by atoms with E-state index in [1.807, 2.05) is 30.5 Å². The van der Waals surface area contributed by atoms with Crippen molar-refractivity contribution >= 4 is 26.8 Å². The van der Waals surface area contributed by atoms with Crippen molar-refractivity contribution in [1.29, 1.82) is 0 Å². The smallest absolute Gasteiger partial charge is 0.250 e. The number of aromatic amines is 1. The number of benzene rings is 2. The Morgan fingerprint density at radius 3 is 2.38 bits per heavy atom. The van der Waals surface area contributed by atoms with Gasteiger partial charge in [0.15, 0.2) is 0 Å². The number of aliphatic hydroxyl groups is 1. The number of hydrogen-bond acceptors (Lipinski definition) is 5. The summed E-state index contributed by atoms with van der Waals surface area (Å²) < 4.78 is 27.6. The third kappa shape index (κ3) is 5.60. The number of aliphatic hydroxyl groups excluding tert-OH is 1. The number of primary amides is 1. The zero-order chi connectivity index (χ0) is 26.0. The number of piperidine rings is 1. The van der Waals surface area contributed by atoms with Crippen LogP contribution in [-0.4, -0.2) is 72.1 Å². The Labute approximate surface area is 218 Å². The summed E-state index contributed by atoms with van der Waals surface area (Å²) in [4.78, 5) is 17.9. The number of rotatable bonds is 9. The Kier molecular flexibility index (Phi) is 7.67. The quantitative estimate of drug-likeness (QED) is 0.396. The average Bonchev–Trinajstić information content (AvgIpc) is 3.58. The second-order valence-corrected chi connectivity index (χ2v) is 12.4. The Bertz CT molecular complexity index is 1350. The fraction of sp³-hybridized carbons (Fsp3) is 0.464. The zero-order valence-electron chi connectivity index (χ0n) is 21.2. The number of likely N-dealkylation sites (tertiary alicyclic amines) is 1. The number of nitrogens with one attached hydrogen (secondary N) is 1. The number of H-pyrrole nitrogens is 1. The normalized spacial score (nSPS) is 18.1. The third-order valence-corrected chi connectivity index (χ3v) is 9.88. The first-order valence-corrected chi connectivity index (χ1v) is 14.8. The van der Waals surface area contributed by atoms with Gasteiger partial charge in [0.1, 0.15) is 0 Å². The largest absolute Gasteiger partial charge is 0.392 e. The molecule has 2 aliphatic heterocycles. The number of nitrogens with two attached hydrogens (primary N) is 1. The predicted molar refractivity (Wildman–Crippen MR) is 146 cm³/mol. The number of carbonyl (C=O) groups is 1. The SMILES string of the molecule is NC(=O)c1cc(-c2ccc(CO)cc2)cc2c(C3CCN(S(=O)(=O)CCCN4CCCC4)CC3)c[nH]c12. The third-order valence-electron chi connectivity index (χ3n) is 7.92. The Balaban J connectivity index is 1.32. The van der Waals surface area contributed by atoms with Crippen LogP contribution >= 0.6 is 0 Å². The van der Waals surface area contributed by atoms with E-state index >= 15 is 0 Å². The second kappa shape index (κ2) is 10.9. The number of aromatic nitrogens is 1. The molecule has 2 aliphatic rings. The van der Waals surface area contributed by atoms with Crippen molar-refractivity contribution in [2.75, 3.05) is 38.5 Å². The molecule has 0 aliphatic carbocycles. The molecule has 4 N–H and O–H groups in total. The fourth-order valence-corrected chi connectivity index (χ4v) is 7.32. The summed E-state index contributed by atoms with van der Waals surface area (Å²) >= 11 is 0. The van der Waals surface area contributed by atoms with Crippen molar-refractivity contribution < 1.29 is 18.3 Å². The molecular weight excluding hydrogens is 488 g/mol. The highest BCUT2D eigenvalue weighted by Gasteiger charge is 2.30. The minimum Gasteiger partial charge on any atom is -0.392 e. The van der Waals surface area contributed by atoms with Crippen LogP contribution in [0.3, 0.4) is 0 Å². The molecule has 3 heterocycles. The average molecular weight is 525 g/mol. The van der Waals surface area contributed by atoms with Gasteiger partial charge < -0.3 is 20.7 Å². The van der Waals surface area contributed by atoms with Crippen molar-refractivity contribution in [2.24, 2.45) is 5.73 Å². The fourth-order valence-electron chi connectivity index (χ4n) is 5.81. The first-order chi connectivity index (χ1) is 17.9. The van der Waals surface area contributed by atoms with E-state index in [0.717, 1.165) is 65.6 Å². The van der Waals surface area contributed by atoms with Gasteiger partial charge in [0.2, 0.25) is 10.0 Å². The lowest BCUT2D eigenvalue weighted by atomic mass is 9.88. The number of carbonyl (C=O) groups excluding carboxylic acids is 1. The molecule has 9 heteroatoms. The first kappa shape index (κ1) is 25.9. The Morgan fingerprint density at radius 2 is 1.73 bits per heavy atom. The van der Waals surface area contributed by atoms with Crippen molar-refractivity contribution in [3.05, 3.63) is 59.3 Å². The summed E-state index contributed by atoms with van der Waals surface area (Å²) in [6, 6.07) is 11.5. The van der Waals surface area contributed by atoms with E-state index in [9.17, 15) is 18.3 Å². The van der Waals surface area contributed by atoms with Crippen LogP contribution in [0.5, 0.6) is 0 Å². The molecule has 0 spiro atoms. The molecule has 5 rings (SSSR count). The molecule has 198 valence electrons. The van der Waals surface area contributed by atoms with Crippen molar-refractivity contribution in [3.8, 4) is 11.1 Å². The minimum absolute atomic E-state index is 0.0271. The maximum Gasteiger partial charge on any atom is 0.250 e. The number of sulfonamides is 1. The van der Waals surface area contributed by atoms with Crippen molar-refractivity contribution in [1.82, 2.24) is 14.2 Å². The molecule has 0 radical (unpaired) electrons. The number of hydrogen-bond donors (Lipinski definition) is 3. The highest BCUT2D eigenvalue weighted by Crippen LogP contribution is 2.37. The molecule has 2 saturated heterocycles. The van der Waals surface area contributed by atoms with Gasteiger partial charge in [0, 0.05) is 24.7 Å². The van der Waals surface area contributed by atoms with Crippen LogP contribution in [0.15, 0.2) is 42.6 Å². The van der Waals surface area contributed by atoms with Crippen LogP contribution in [-0.2, 0) is 16.6 Å². The Hall–Kier alpha value is -2.72. The zero-order valence-corrected chi connectivity index (χ0v) is 22.0. The second-order valence-electron chi connectivity index (χ2n) is 10.3. The molecule has 0 unspecified atom stereocenters. The summed E-state index contributed by atoms with van der Waals surface area (Å²) in [5.41, 5.74) is 10.6. The van der Waals surface area contributed by atoms with Crippen LogP contribution in [0.1, 0.15) is 59.5 Å². The molecule has 3 aromatic rings. The Morgan fingerprint density at radius 1 is 1.03 bits per heavy atom. The summed E-state index contributed by atoms with van der Waals surface area (Å²) in [5.74, 6) is -0.0959. The maximum absolute atomic E-state index is 13.0. The first-order valence-electron chi connectivity index (χ1n) is 13.2. The maximum atomic E-state index is 13.0. The molecule has 8 nitrogen and oxygen atoms in total. The van der Waals surface area contributed by atoms with E-state index in [1.165, 1.54) is 12.8 Å². The number of amides is 1. The predicted octanol–water partition coefficient (Wildman–Crippen LogP) is 3.42. The van der Waals surface area contributed by atoms with Gasteiger partial charge in [0.25, 0.3) is 5.91 Å². The molecule has 1 aromatic heterocycles. The lowest BCUT2D eigenvalue weighted by Crippen LogP contribution is -2.39. The summed E-state index contributed by atoms with van der Waals surface area (Å²) in [6.07, 6.45) is 6.53. The van der Waals surface area contributed by atoms with Gasteiger partial charge in [-0.25, -0.2) is 12.7 Å². The monoisotopic (exact) mass is 524 g/mol. The van der Waals surface area contributed by atoms with Crippen molar-refractivity contribution in [2.45, 2.75) is 44.6 Å².